The first kappa shape index (κ1) is 18.9. The Morgan fingerprint density at radius 3 is 2.64 bits per heavy atom. The summed E-state index contributed by atoms with van der Waals surface area (Å²) in [4.78, 5) is 23.8. The molecule has 1 aliphatic rings. The summed E-state index contributed by atoms with van der Waals surface area (Å²) in [6, 6.07) is 9.46. The average Bonchev–Trinajstić information content (AvgIpc) is 3.04. The van der Waals surface area contributed by atoms with Gasteiger partial charge in [-0.1, -0.05) is 44.2 Å². The highest BCUT2D eigenvalue weighted by atomic mass is 32.1. The second kappa shape index (κ2) is 7.87. The lowest BCUT2D eigenvalue weighted by molar-refractivity contribution is -0.138. The Labute approximate surface area is 168 Å². The molecular formula is C22H25N3O2S. The smallest absolute Gasteiger partial charge is 0.326 e. The van der Waals surface area contributed by atoms with Crippen molar-refractivity contribution >= 4 is 33.3 Å². The molecule has 4 rings (SSSR count). The number of hydrogen-bond acceptors (Lipinski definition) is 5. The van der Waals surface area contributed by atoms with Crippen LogP contribution in [-0.4, -0.2) is 27.1 Å². The molecule has 1 aliphatic carbocycles. The van der Waals surface area contributed by atoms with E-state index in [1.807, 2.05) is 32.0 Å². The van der Waals surface area contributed by atoms with Gasteiger partial charge in [0.15, 0.2) is 0 Å². The Bertz CT molecular complexity index is 998. The summed E-state index contributed by atoms with van der Waals surface area (Å²) >= 11 is 1.74. The molecule has 2 aromatic heterocycles. The van der Waals surface area contributed by atoms with E-state index >= 15 is 0 Å². The maximum Gasteiger partial charge on any atom is 0.326 e. The molecule has 1 atom stereocenters. The summed E-state index contributed by atoms with van der Waals surface area (Å²) in [5.41, 5.74) is 2.46. The fourth-order valence-corrected chi connectivity index (χ4v) is 5.10. The van der Waals surface area contributed by atoms with E-state index in [4.69, 9.17) is 9.97 Å². The van der Waals surface area contributed by atoms with Gasteiger partial charge in [0.1, 0.15) is 22.5 Å². The second-order valence-electron chi connectivity index (χ2n) is 7.75. The highest BCUT2D eigenvalue weighted by Gasteiger charge is 2.26. The number of rotatable bonds is 6. The van der Waals surface area contributed by atoms with E-state index < -0.39 is 12.0 Å². The zero-order chi connectivity index (χ0) is 19.7. The van der Waals surface area contributed by atoms with E-state index in [-0.39, 0.29) is 5.92 Å². The molecule has 0 amide bonds. The van der Waals surface area contributed by atoms with Crippen molar-refractivity contribution in [2.45, 2.75) is 52.0 Å². The van der Waals surface area contributed by atoms with Crippen LogP contribution >= 0.6 is 11.3 Å². The van der Waals surface area contributed by atoms with Gasteiger partial charge in [0.05, 0.1) is 5.39 Å². The second-order valence-corrected chi connectivity index (χ2v) is 8.83. The first-order chi connectivity index (χ1) is 13.5. The van der Waals surface area contributed by atoms with Crippen LogP contribution in [0.4, 0.5) is 5.82 Å². The summed E-state index contributed by atoms with van der Waals surface area (Å²) in [5, 5.41) is 13.9. The maximum atomic E-state index is 11.8. The maximum absolute atomic E-state index is 11.8. The molecule has 0 fully saturated rings. The van der Waals surface area contributed by atoms with Gasteiger partial charge in [0.25, 0.3) is 0 Å². The number of carboxylic acids is 1. The first-order valence-electron chi connectivity index (χ1n) is 9.87. The number of aryl methyl sites for hydroxylation is 2. The van der Waals surface area contributed by atoms with Crippen molar-refractivity contribution in [1.29, 1.82) is 0 Å². The summed E-state index contributed by atoms with van der Waals surface area (Å²) in [5.74, 6) is 0.508. The van der Waals surface area contributed by atoms with Crippen LogP contribution in [0.3, 0.4) is 0 Å². The molecule has 0 aliphatic heterocycles. The van der Waals surface area contributed by atoms with E-state index in [0.29, 0.717) is 12.2 Å². The SMILES string of the molecule is CC(C)[C@@H](Nc1nc(Cc2ccccc2)nc2sc3c(c12)CCCC3)C(=O)O. The third-order valence-corrected chi connectivity index (χ3v) is 6.48. The number of aliphatic carboxylic acids is 1. The molecular weight excluding hydrogens is 370 g/mol. The Morgan fingerprint density at radius 1 is 1.18 bits per heavy atom. The molecule has 3 aromatic rings. The molecule has 0 saturated carbocycles. The van der Waals surface area contributed by atoms with Gasteiger partial charge < -0.3 is 10.4 Å². The first-order valence-corrected chi connectivity index (χ1v) is 10.7. The number of anilines is 1. The van der Waals surface area contributed by atoms with Crippen LogP contribution in [0.15, 0.2) is 30.3 Å². The lowest BCUT2D eigenvalue weighted by Crippen LogP contribution is -2.34. The molecule has 0 spiro atoms. The van der Waals surface area contributed by atoms with Gasteiger partial charge >= 0.3 is 5.97 Å². The molecule has 0 bridgehead atoms. The fraction of sp³-hybridized carbons (Fsp3) is 0.409. The Balaban J connectivity index is 1.81. The van der Waals surface area contributed by atoms with Crippen molar-refractivity contribution in [1.82, 2.24) is 9.97 Å². The summed E-state index contributed by atoms with van der Waals surface area (Å²) < 4.78 is 0. The minimum absolute atomic E-state index is 0.0467. The van der Waals surface area contributed by atoms with E-state index in [1.165, 1.54) is 16.9 Å². The van der Waals surface area contributed by atoms with Gasteiger partial charge in [-0.25, -0.2) is 14.8 Å². The Kier molecular flexibility index (Phi) is 5.31. The number of benzene rings is 1. The molecule has 0 unspecified atom stereocenters. The zero-order valence-corrected chi connectivity index (χ0v) is 17.1. The minimum atomic E-state index is -0.851. The number of carboxylic acid groups (broad SMARTS) is 1. The quantitative estimate of drug-likeness (QED) is 0.634. The van der Waals surface area contributed by atoms with E-state index in [0.717, 1.165) is 40.9 Å². The number of nitrogens with one attached hydrogen (secondary N) is 1. The van der Waals surface area contributed by atoms with Gasteiger partial charge in [0.2, 0.25) is 0 Å². The Morgan fingerprint density at radius 2 is 1.93 bits per heavy atom. The highest BCUT2D eigenvalue weighted by Crippen LogP contribution is 2.39. The normalized spacial score (nSPS) is 14.8. The lowest BCUT2D eigenvalue weighted by atomic mass is 9.96. The molecule has 5 nitrogen and oxygen atoms in total. The van der Waals surface area contributed by atoms with Gasteiger partial charge in [0, 0.05) is 11.3 Å². The van der Waals surface area contributed by atoms with Crippen molar-refractivity contribution in [2.75, 3.05) is 5.32 Å². The number of fused-ring (bicyclic) bond motifs is 3. The summed E-state index contributed by atoms with van der Waals surface area (Å²) in [7, 11) is 0. The van der Waals surface area contributed by atoms with Gasteiger partial charge in [-0.05, 0) is 42.7 Å². The fourth-order valence-electron chi connectivity index (χ4n) is 3.82. The summed E-state index contributed by atoms with van der Waals surface area (Å²) in [6.45, 7) is 3.83. The van der Waals surface area contributed by atoms with Crippen LogP contribution in [0.5, 0.6) is 0 Å². The predicted octanol–water partition coefficient (Wildman–Crippen LogP) is 4.68. The highest BCUT2D eigenvalue weighted by molar-refractivity contribution is 7.19. The van der Waals surface area contributed by atoms with Crippen molar-refractivity contribution in [3.63, 3.8) is 0 Å². The number of hydrogen-bond donors (Lipinski definition) is 2. The third-order valence-electron chi connectivity index (χ3n) is 5.29. The van der Waals surface area contributed by atoms with Crippen LogP contribution in [0.2, 0.25) is 0 Å². The summed E-state index contributed by atoms with van der Waals surface area (Å²) in [6.07, 6.45) is 5.10. The molecule has 0 saturated heterocycles. The van der Waals surface area contributed by atoms with E-state index in [1.54, 1.807) is 11.3 Å². The van der Waals surface area contributed by atoms with Crippen molar-refractivity contribution in [3.8, 4) is 0 Å². The van der Waals surface area contributed by atoms with Crippen LogP contribution in [0.25, 0.3) is 10.2 Å². The number of thiophene rings is 1. The predicted molar refractivity (Wildman–Crippen MR) is 113 cm³/mol. The standard InChI is InChI=1S/C22H25N3O2S/c1-13(2)19(22(26)27)25-20-18-15-10-6-7-11-16(15)28-21(18)24-17(23-20)12-14-8-4-3-5-9-14/h3-5,8-9,13,19H,6-7,10-12H2,1-2H3,(H,26,27)(H,23,24,25)/t19-/m1/s1. The van der Waals surface area contributed by atoms with Crippen molar-refractivity contribution in [3.05, 3.63) is 52.2 Å². The average molecular weight is 396 g/mol. The van der Waals surface area contributed by atoms with E-state index in [9.17, 15) is 9.90 Å². The van der Waals surface area contributed by atoms with Crippen LogP contribution in [-0.2, 0) is 24.1 Å². The molecule has 1 aromatic carbocycles. The molecule has 6 heteroatoms. The monoisotopic (exact) mass is 395 g/mol. The molecule has 0 radical (unpaired) electrons. The van der Waals surface area contributed by atoms with Crippen molar-refractivity contribution < 1.29 is 9.90 Å². The third kappa shape index (κ3) is 3.74. The van der Waals surface area contributed by atoms with Gasteiger partial charge in [-0.15, -0.1) is 11.3 Å². The zero-order valence-electron chi connectivity index (χ0n) is 16.2. The Hall–Kier alpha value is -2.47. The number of nitrogens with zero attached hydrogens (tertiary/aromatic N) is 2. The molecule has 28 heavy (non-hydrogen) atoms. The van der Waals surface area contributed by atoms with E-state index in [2.05, 4.69) is 17.4 Å². The van der Waals surface area contributed by atoms with Crippen molar-refractivity contribution in [2.24, 2.45) is 5.92 Å². The van der Waals surface area contributed by atoms with Crippen LogP contribution < -0.4 is 5.32 Å². The van der Waals surface area contributed by atoms with Gasteiger partial charge in [-0.3, -0.25) is 0 Å². The molecule has 2 heterocycles. The largest absolute Gasteiger partial charge is 0.480 e. The molecule has 2 N–H and O–H groups in total. The lowest BCUT2D eigenvalue weighted by Gasteiger charge is -2.20. The number of carbonyl (C=O) groups is 1. The number of aromatic nitrogens is 2. The van der Waals surface area contributed by atoms with Gasteiger partial charge in [-0.2, -0.15) is 0 Å². The topological polar surface area (TPSA) is 75.1 Å². The van der Waals surface area contributed by atoms with Crippen LogP contribution in [0.1, 0.15) is 48.5 Å². The van der Waals surface area contributed by atoms with Crippen LogP contribution in [0, 0.1) is 5.92 Å². The molecule has 146 valence electrons. The minimum Gasteiger partial charge on any atom is -0.480 e.